The van der Waals surface area contributed by atoms with Gasteiger partial charge in [0.15, 0.2) is 5.82 Å². The van der Waals surface area contributed by atoms with Crippen LogP contribution in [0.4, 0.5) is 10.6 Å². The zero-order chi connectivity index (χ0) is 19.8. The second-order valence-electron chi connectivity index (χ2n) is 6.38. The molecule has 0 aliphatic carbocycles. The number of amides is 1. The predicted octanol–water partition coefficient (Wildman–Crippen LogP) is 3.62. The van der Waals surface area contributed by atoms with Gasteiger partial charge in [-0.3, -0.25) is 0 Å². The number of nitrogens with zero attached hydrogens (tertiary/aromatic N) is 3. The monoisotopic (exact) mass is 380 g/mol. The maximum atomic E-state index is 12.5. The Labute approximate surface area is 164 Å². The van der Waals surface area contributed by atoms with Crippen molar-refractivity contribution in [1.82, 2.24) is 9.88 Å². The van der Waals surface area contributed by atoms with Crippen LogP contribution >= 0.6 is 0 Å². The number of nitrogens with two attached hydrogens (primary N) is 1. The molecule has 1 aromatic heterocycles. The van der Waals surface area contributed by atoms with Crippen molar-refractivity contribution in [2.24, 2.45) is 10.9 Å². The highest BCUT2D eigenvalue weighted by molar-refractivity contribution is 5.74. The van der Waals surface area contributed by atoms with Gasteiger partial charge in [0.25, 0.3) is 0 Å². The number of aromatic nitrogens is 1. The molecule has 7 nitrogen and oxygen atoms in total. The summed E-state index contributed by atoms with van der Waals surface area (Å²) in [6, 6.07) is 13.6. The maximum absolute atomic E-state index is 12.5. The first-order valence-electron chi connectivity index (χ1n) is 9.24. The lowest BCUT2D eigenvalue weighted by Crippen LogP contribution is -2.36. The van der Waals surface area contributed by atoms with Gasteiger partial charge in [0.1, 0.15) is 6.61 Å². The highest BCUT2D eigenvalue weighted by atomic mass is 16.6. The van der Waals surface area contributed by atoms with Crippen molar-refractivity contribution in [3.8, 4) is 0 Å². The molecule has 0 bridgehead atoms. The fraction of sp³-hybridized carbons (Fsp3) is 0.286. The zero-order valence-electron chi connectivity index (χ0n) is 15.9. The van der Waals surface area contributed by atoms with E-state index in [4.69, 9.17) is 10.6 Å². The van der Waals surface area contributed by atoms with Crippen molar-refractivity contribution in [2.75, 3.05) is 13.1 Å². The van der Waals surface area contributed by atoms with Crippen LogP contribution in [0.5, 0.6) is 0 Å². The van der Waals surface area contributed by atoms with Crippen LogP contribution in [0.15, 0.2) is 53.5 Å². The van der Waals surface area contributed by atoms with Gasteiger partial charge in [-0.25, -0.2) is 9.78 Å². The van der Waals surface area contributed by atoms with Crippen molar-refractivity contribution in [3.63, 3.8) is 0 Å². The molecule has 3 rings (SSSR count). The number of rotatable bonds is 6. The lowest BCUT2D eigenvalue weighted by Gasteiger charge is -2.26. The first-order chi connectivity index (χ1) is 13.7. The number of aryl methyl sites for hydroxylation is 1. The van der Waals surface area contributed by atoms with E-state index in [1.807, 2.05) is 49.4 Å². The van der Waals surface area contributed by atoms with Crippen LogP contribution in [-0.2, 0) is 22.6 Å². The normalized spacial score (nSPS) is 14.1. The Morgan fingerprint density at radius 2 is 2.11 bits per heavy atom. The summed E-state index contributed by atoms with van der Waals surface area (Å²) in [4.78, 5) is 27.3. The Hall–Kier alpha value is -3.19. The first-order valence-corrected chi connectivity index (χ1v) is 9.24. The van der Waals surface area contributed by atoms with E-state index in [1.54, 1.807) is 4.90 Å². The van der Waals surface area contributed by atoms with Crippen LogP contribution in [0, 0.1) is 0 Å². The Morgan fingerprint density at radius 3 is 2.86 bits per heavy atom. The Kier molecular flexibility index (Phi) is 6.75. The summed E-state index contributed by atoms with van der Waals surface area (Å²) in [5.41, 5.74) is 3.70. The predicted molar refractivity (Wildman–Crippen MR) is 108 cm³/mol. The van der Waals surface area contributed by atoms with Gasteiger partial charge in [0.2, 0.25) is 6.40 Å². The fourth-order valence-electron chi connectivity index (χ4n) is 3.02. The molecule has 2 heterocycles. The molecule has 0 saturated carbocycles. The molecule has 0 saturated heterocycles. The van der Waals surface area contributed by atoms with E-state index in [9.17, 15) is 4.79 Å². The zero-order valence-corrected chi connectivity index (χ0v) is 15.9. The molecule has 146 valence electrons. The highest BCUT2D eigenvalue weighted by Crippen LogP contribution is 2.25. The van der Waals surface area contributed by atoms with E-state index in [2.05, 4.69) is 20.9 Å². The van der Waals surface area contributed by atoms with Gasteiger partial charge in [-0.05, 0) is 35.6 Å². The Morgan fingerprint density at radius 1 is 1.29 bits per heavy atom. The fourth-order valence-corrected chi connectivity index (χ4v) is 3.02. The average molecular weight is 380 g/mol. The molecule has 0 atom stereocenters. The summed E-state index contributed by atoms with van der Waals surface area (Å²) in [5, 5.41) is 0. The molecular formula is C21H24N4O3. The van der Waals surface area contributed by atoms with Gasteiger partial charge < -0.3 is 14.5 Å². The number of carbonyl (C=O) groups excluding carboxylic acids is 1. The largest absolute Gasteiger partial charge is 0.445 e. The number of pyridine rings is 1. The number of hydrogen-bond acceptors (Lipinski definition) is 6. The van der Waals surface area contributed by atoms with Crippen LogP contribution in [0.25, 0.3) is 5.57 Å². The number of benzene rings is 1. The maximum Gasteiger partial charge on any atom is 0.410 e. The Bertz CT molecular complexity index is 865. The number of carbonyl (C=O) groups is 1. The minimum Gasteiger partial charge on any atom is -0.445 e. The minimum atomic E-state index is -0.325. The number of hydrogen-bond donors (Lipinski definition) is 1. The standard InChI is InChI=1S/C21H24N4O3/c1-2-17-10-11-19(24-20(17)23-15-28-22)18-9-6-12-25(13-18)21(26)27-14-16-7-4-3-5-8-16/h3-5,7-11,15H,2,6,12-14,22H2,1H3. The van der Waals surface area contributed by atoms with E-state index >= 15 is 0 Å². The van der Waals surface area contributed by atoms with Crippen molar-refractivity contribution in [2.45, 2.75) is 26.4 Å². The van der Waals surface area contributed by atoms with Crippen LogP contribution in [-0.4, -0.2) is 35.5 Å². The molecular weight excluding hydrogens is 356 g/mol. The molecule has 0 fully saturated rings. The van der Waals surface area contributed by atoms with E-state index in [0.717, 1.165) is 41.6 Å². The molecule has 1 aliphatic heterocycles. The summed E-state index contributed by atoms with van der Waals surface area (Å²) in [6.07, 6.45) is 4.48. The molecule has 1 aliphatic rings. The summed E-state index contributed by atoms with van der Waals surface area (Å²) in [7, 11) is 0. The van der Waals surface area contributed by atoms with Gasteiger partial charge in [-0.1, -0.05) is 49.4 Å². The van der Waals surface area contributed by atoms with Gasteiger partial charge in [0.05, 0.1) is 12.2 Å². The van der Waals surface area contributed by atoms with E-state index in [0.29, 0.717) is 18.9 Å². The molecule has 2 N–H and O–H groups in total. The van der Waals surface area contributed by atoms with Crippen LogP contribution < -0.4 is 5.90 Å². The second-order valence-corrected chi connectivity index (χ2v) is 6.38. The van der Waals surface area contributed by atoms with Crippen molar-refractivity contribution >= 4 is 23.9 Å². The molecule has 28 heavy (non-hydrogen) atoms. The molecule has 0 spiro atoms. The summed E-state index contributed by atoms with van der Waals surface area (Å²) >= 11 is 0. The third-order valence-electron chi connectivity index (χ3n) is 4.52. The van der Waals surface area contributed by atoms with E-state index in [1.165, 1.54) is 0 Å². The first kappa shape index (κ1) is 19.6. The number of aliphatic imine (C=N–C) groups is 1. The average Bonchev–Trinajstić information content (AvgIpc) is 2.76. The molecule has 0 unspecified atom stereocenters. The quantitative estimate of drug-likeness (QED) is 0.470. The number of ether oxygens (including phenoxy) is 1. The van der Waals surface area contributed by atoms with Crippen LogP contribution in [0.2, 0.25) is 0 Å². The third kappa shape index (κ3) is 4.95. The second kappa shape index (κ2) is 9.66. The van der Waals surface area contributed by atoms with Crippen molar-refractivity contribution in [3.05, 3.63) is 65.4 Å². The topological polar surface area (TPSA) is 90.0 Å². The summed E-state index contributed by atoms with van der Waals surface area (Å²) in [5.74, 6) is 5.59. The van der Waals surface area contributed by atoms with E-state index < -0.39 is 0 Å². The SMILES string of the molecule is CCc1ccc(C2=CCCN(C(=O)OCc3ccccc3)C2)nc1N=CON. The lowest BCUT2D eigenvalue weighted by molar-refractivity contribution is 0.100. The van der Waals surface area contributed by atoms with Crippen LogP contribution in [0.1, 0.15) is 30.2 Å². The summed E-state index contributed by atoms with van der Waals surface area (Å²) < 4.78 is 5.45. The smallest absolute Gasteiger partial charge is 0.410 e. The van der Waals surface area contributed by atoms with Gasteiger partial charge in [-0.15, -0.1) is 0 Å². The van der Waals surface area contributed by atoms with Gasteiger partial charge in [0, 0.05) is 6.54 Å². The Balaban J connectivity index is 1.68. The highest BCUT2D eigenvalue weighted by Gasteiger charge is 2.21. The van der Waals surface area contributed by atoms with Crippen LogP contribution in [0.3, 0.4) is 0 Å². The molecule has 1 amide bonds. The minimum absolute atomic E-state index is 0.261. The third-order valence-corrected chi connectivity index (χ3v) is 4.52. The van der Waals surface area contributed by atoms with Gasteiger partial charge in [-0.2, -0.15) is 10.9 Å². The molecule has 0 radical (unpaired) electrons. The van der Waals surface area contributed by atoms with Crippen molar-refractivity contribution in [1.29, 1.82) is 0 Å². The lowest BCUT2D eigenvalue weighted by atomic mass is 10.0. The molecule has 7 heteroatoms. The van der Waals surface area contributed by atoms with Crippen molar-refractivity contribution < 1.29 is 14.4 Å². The van der Waals surface area contributed by atoms with Gasteiger partial charge >= 0.3 is 6.09 Å². The van der Waals surface area contributed by atoms with E-state index in [-0.39, 0.29) is 12.7 Å². The molecule has 2 aromatic rings. The molecule has 1 aromatic carbocycles. The summed E-state index contributed by atoms with van der Waals surface area (Å²) in [6.45, 7) is 3.36.